The zero-order valence-electron chi connectivity index (χ0n) is 11.6. The van der Waals surface area contributed by atoms with Gasteiger partial charge in [0.05, 0.1) is 5.41 Å². The molecule has 2 aliphatic rings. The summed E-state index contributed by atoms with van der Waals surface area (Å²) in [6, 6.07) is 13.8. The number of phenolic OH excluding ortho intramolecular Hbond substituents is 1. The summed E-state index contributed by atoms with van der Waals surface area (Å²) in [5, 5.41) is 9.69. The normalized spacial score (nSPS) is 26.5. The van der Waals surface area contributed by atoms with Crippen LogP contribution in [0.25, 0.3) is 0 Å². The van der Waals surface area contributed by atoms with E-state index in [4.69, 9.17) is 4.74 Å². The van der Waals surface area contributed by atoms with E-state index in [1.807, 2.05) is 12.1 Å². The fourth-order valence-corrected chi connectivity index (χ4v) is 3.68. The number of rotatable bonds is 0. The maximum atomic E-state index is 9.69. The highest BCUT2D eigenvalue weighted by molar-refractivity contribution is 5.65. The van der Waals surface area contributed by atoms with E-state index in [0.29, 0.717) is 5.75 Å². The lowest BCUT2D eigenvalue weighted by molar-refractivity contribution is 0.108. The molecule has 2 aromatic rings. The zero-order chi connectivity index (χ0) is 13.9. The number of nitrogens with zero attached hydrogens (tertiary/aromatic N) is 1. The van der Waals surface area contributed by atoms with Crippen molar-refractivity contribution in [1.82, 2.24) is 0 Å². The average molecular weight is 267 g/mol. The molecule has 2 unspecified atom stereocenters. The Labute approximate surface area is 118 Å². The van der Waals surface area contributed by atoms with Crippen molar-refractivity contribution < 1.29 is 9.84 Å². The molecule has 3 nitrogen and oxygen atoms in total. The van der Waals surface area contributed by atoms with Crippen LogP contribution >= 0.6 is 0 Å². The van der Waals surface area contributed by atoms with Crippen LogP contribution < -0.4 is 9.64 Å². The van der Waals surface area contributed by atoms with E-state index in [2.05, 4.69) is 43.1 Å². The lowest BCUT2D eigenvalue weighted by Gasteiger charge is -2.40. The molecule has 102 valence electrons. The number of phenols is 1. The van der Waals surface area contributed by atoms with E-state index in [1.165, 1.54) is 11.3 Å². The number of hydrogen-bond donors (Lipinski definition) is 1. The molecule has 0 fully saturated rings. The third-order valence-corrected chi connectivity index (χ3v) is 4.64. The third-order valence-electron chi connectivity index (χ3n) is 4.64. The molecule has 0 bridgehead atoms. The Morgan fingerprint density at radius 2 is 2.05 bits per heavy atom. The van der Waals surface area contributed by atoms with Gasteiger partial charge in [0.15, 0.2) is 6.23 Å². The van der Waals surface area contributed by atoms with Gasteiger partial charge >= 0.3 is 0 Å². The second-order valence-corrected chi connectivity index (χ2v) is 5.98. The number of anilines is 1. The molecule has 0 amide bonds. The van der Waals surface area contributed by atoms with E-state index < -0.39 is 0 Å². The first-order chi connectivity index (χ1) is 9.59. The Balaban J connectivity index is 1.89. The van der Waals surface area contributed by atoms with E-state index in [1.54, 1.807) is 6.07 Å². The standard InChI is InChI=1S/C17H17NO2/c1-17-10-11-9-12(19)7-8-15(11)20-16(17)18(2)14-6-4-3-5-13(14)17/h3-9,16,19H,10H2,1-2H3. The van der Waals surface area contributed by atoms with Crippen LogP contribution in [0.3, 0.4) is 0 Å². The Morgan fingerprint density at radius 1 is 1.25 bits per heavy atom. The molecule has 2 heterocycles. The van der Waals surface area contributed by atoms with Crippen LogP contribution in [-0.2, 0) is 11.8 Å². The first kappa shape index (κ1) is 11.6. The largest absolute Gasteiger partial charge is 0.508 e. The molecule has 0 radical (unpaired) electrons. The van der Waals surface area contributed by atoms with Gasteiger partial charge in [0, 0.05) is 12.7 Å². The van der Waals surface area contributed by atoms with Gasteiger partial charge in [0.25, 0.3) is 0 Å². The quantitative estimate of drug-likeness (QED) is 0.796. The van der Waals surface area contributed by atoms with Crippen LogP contribution in [0.2, 0.25) is 0 Å². The van der Waals surface area contributed by atoms with Gasteiger partial charge in [-0.15, -0.1) is 0 Å². The number of ether oxygens (including phenoxy) is 1. The van der Waals surface area contributed by atoms with Crippen LogP contribution in [0.4, 0.5) is 5.69 Å². The molecule has 2 aliphatic heterocycles. The van der Waals surface area contributed by atoms with Gasteiger partial charge in [-0.2, -0.15) is 0 Å². The molecular weight excluding hydrogens is 250 g/mol. The number of benzene rings is 2. The number of hydrogen-bond acceptors (Lipinski definition) is 3. The molecule has 3 heteroatoms. The highest BCUT2D eigenvalue weighted by Crippen LogP contribution is 2.50. The van der Waals surface area contributed by atoms with E-state index in [-0.39, 0.29) is 11.6 Å². The number of para-hydroxylation sites is 1. The van der Waals surface area contributed by atoms with Gasteiger partial charge in [-0.05, 0) is 48.7 Å². The molecule has 0 saturated carbocycles. The monoisotopic (exact) mass is 267 g/mol. The molecule has 4 rings (SSSR count). The number of fused-ring (bicyclic) bond motifs is 4. The van der Waals surface area contributed by atoms with Gasteiger partial charge in [0.2, 0.25) is 0 Å². The van der Waals surface area contributed by atoms with Crippen molar-refractivity contribution >= 4 is 5.69 Å². The smallest absolute Gasteiger partial charge is 0.182 e. The van der Waals surface area contributed by atoms with Crippen molar-refractivity contribution in [3.8, 4) is 11.5 Å². The van der Waals surface area contributed by atoms with Crippen molar-refractivity contribution in [2.75, 3.05) is 11.9 Å². The molecule has 0 spiro atoms. The average Bonchev–Trinajstić information content (AvgIpc) is 2.66. The van der Waals surface area contributed by atoms with Gasteiger partial charge in [-0.1, -0.05) is 18.2 Å². The molecule has 2 atom stereocenters. The molecule has 0 aliphatic carbocycles. The van der Waals surface area contributed by atoms with Gasteiger partial charge < -0.3 is 14.7 Å². The summed E-state index contributed by atoms with van der Waals surface area (Å²) in [7, 11) is 2.08. The minimum atomic E-state index is -0.0772. The van der Waals surface area contributed by atoms with Gasteiger partial charge in [0.1, 0.15) is 11.5 Å². The van der Waals surface area contributed by atoms with Crippen LogP contribution in [0.15, 0.2) is 42.5 Å². The van der Waals surface area contributed by atoms with Crippen molar-refractivity contribution in [1.29, 1.82) is 0 Å². The summed E-state index contributed by atoms with van der Waals surface area (Å²) >= 11 is 0. The molecule has 0 saturated heterocycles. The second-order valence-electron chi connectivity index (χ2n) is 5.98. The van der Waals surface area contributed by atoms with E-state index >= 15 is 0 Å². The highest BCUT2D eigenvalue weighted by atomic mass is 16.5. The van der Waals surface area contributed by atoms with Crippen molar-refractivity contribution in [2.24, 2.45) is 0 Å². The Bertz CT molecular complexity index is 697. The Morgan fingerprint density at radius 3 is 2.90 bits per heavy atom. The van der Waals surface area contributed by atoms with Crippen molar-refractivity contribution in [2.45, 2.75) is 25.0 Å². The summed E-state index contributed by atoms with van der Waals surface area (Å²) in [6.07, 6.45) is 0.889. The summed E-state index contributed by atoms with van der Waals surface area (Å²) in [6.45, 7) is 2.24. The summed E-state index contributed by atoms with van der Waals surface area (Å²) < 4.78 is 6.22. The third kappa shape index (κ3) is 1.35. The lowest BCUT2D eigenvalue weighted by atomic mass is 9.76. The summed E-state index contributed by atoms with van der Waals surface area (Å²) in [4.78, 5) is 2.21. The van der Waals surface area contributed by atoms with E-state index in [9.17, 15) is 5.11 Å². The molecule has 1 N–H and O–H groups in total. The minimum absolute atomic E-state index is 0.0111. The van der Waals surface area contributed by atoms with Crippen LogP contribution in [0, 0.1) is 0 Å². The van der Waals surface area contributed by atoms with Crippen LogP contribution in [0.5, 0.6) is 11.5 Å². The topological polar surface area (TPSA) is 32.7 Å². The maximum absolute atomic E-state index is 9.69. The molecule has 20 heavy (non-hydrogen) atoms. The maximum Gasteiger partial charge on any atom is 0.182 e. The number of aromatic hydroxyl groups is 1. The predicted octanol–water partition coefficient (Wildman–Crippen LogP) is 3.06. The molecular formula is C17H17NO2. The number of likely N-dealkylation sites (N-methyl/N-ethyl adjacent to an activating group) is 1. The fourth-order valence-electron chi connectivity index (χ4n) is 3.68. The van der Waals surface area contributed by atoms with Crippen molar-refractivity contribution in [3.63, 3.8) is 0 Å². The summed E-state index contributed by atoms with van der Waals surface area (Å²) in [5.41, 5.74) is 3.55. The predicted molar refractivity (Wildman–Crippen MR) is 78.4 cm³/mol. The van der Waals surface area contributed by atoms with Crippen molar-refractivity contribution in [3.05, 3.63) is 53.6 Å². The Hall–Kier alpha value is -2.16. The van der Waals surface area contributed by atoms with Crippen LogP contribution in [-0.4, -0.2) is 18.4 Å². The molecule has 2 aromatic carbocycles. The lowest BCUT2D eigenvalue weighted by Crippen LogP contribution is -2.49. The fraction of sp³-hybridized carbons (Fsp3) is 0.294. The molecule has 0 aromatic heterocycles. The first-order valence-electron chi connectivity index (χ1n) is 6.90. The Kier molecular flexibility index (Phi) is 2.15. The second kappa shape index (κ2) is 3.69. The zero-order valence-corrected chi connectivity index (χ0v) is 11.6. The van der Waals surface area contributed by atoms with Gasteiger partial charge in [-0.3, -0.25) is 0 Å². The SMILES string of the molecule is CN1c2ccccc2C2(C)Cc3cc(O)ccc3OC12. The minimum Gasteiger partial charge on any atom is -0.508 e. The van der Waals surface area contributed by atoms with Crippen LogP contribution in [0.1, 0.15) is 18.1 Å². The highest BCUT2D eigenvalue weighted by Gasteiger charge is 2.50. The van der Waals surface area contributed by atoms with Gasteiger partial charge in [-0.25, -0.2) is 0 Å². The first-order valence-corrected chi connectivity index (χ1v) is 6.90. The summed E-state index contributed by atoms with van der Waals surface area (Å²) in [5.74, 6) is 1.18. The van der Waals surface area contributed by atoms with E-state index in [0.717, 1.165) is 17.7 Å².